The third-order valence-electron chi connectivity index (χ3n) is 9.42. The summed E-state index contributed by atoms with van der Waals surface area (Å²) >= 11 is 0. The number of nitrogens with one attached hydrogen (secondary N) is 4. The molecule has 0 unspecified atom stereocenters. The molecule has 1 fully saturated rings. The first kappa shape index (κ1) is 26.9. The normalized spacial score (nSPS) is 23.8. The van der Waals surface area contributed by atoms with E-state index >= 15 is 0 Å². The van der Waals surface area contributed by atoms with Crippen molar-refractivity contribution in [3.05, 3.63) is 84.8 Å². The number of methoxy groups -OCH3 is 1. The second-order valence-electron chi connectivity index (χ2n) is 11.5. The van der Waals surface area contributed by atoms with Crippen LogP contribution in [-0.2, 0) is 16.0 Å². The van der Waals surface area contributed by atoms with Gasteiger partial charge in [-0.2, -0.15) is 0 Å². The summed E-state index contributed by atoms with van der Waals surface area (Å²) in [6.07, 6.45) is 10.6. The number of rotatable bonds is 5. The summed E-state index contributed by atoms with van der Waals surface area (Å²) in [7, 11) is 1.43. The summed E-state index contributed by atoms with van der Waals surface area (Å²) in [5, 5.41) is 5.82. The molecule has 7 heteroatoms. The molecule has 2 aliphatic heterocycles. The molecule has 3 aromatic rings. The van der Waals surface area contributed by atoms with Crippen molar-refractivity contribution in [2.24, 2.45) is 11.8 Å². The lowest BCUT2D eigenvalue weighted by Gasteiger charge is -2.17. The molecule has 3 aromatic heterocycles. The van der Waals surface area contributed by atoms with E-state index in [1.807, 2.05) is 13.0 Å². The Balaban J connectivity index is 1.67. The molecule has 2 atom stereocenters. The van der Waals surface area contributed by atoms with Crippen molar-refractivity contribution in [2.75, 3.05) is 7.11 Å². The van der Waals surface area contributed by atoms with Gasteiger partial charge in [-0.1, -0.05) is 26.5 Å². The summed E-state index contributed by atoms with van der Waals surface area (Å²) in [6.45, 7) is 14.8. The molecular weight excluding hydrogens is 512 g/mol. The fraction of sp³-hybridized carbons (Fsp3) is 0.353. The van der Waals surface area contributed by atoms with Gasteiger partial charge in [0.05, 0.1) is 12.8 Å². The highest BCUT2D eigenvalue weighted by Gasteiger charge is 2.39. The number of allylic oxidation sites excluding steroid dienone is 3. The van der Waals surface area contributed by atoms with Crippen LogP contribution in [0.2, 0.25) is 0 Å². The van der Waals surface area contributed by atoms with Crippen LogP contribution < -0.4 is 16.0 Å². The van der Waals surface area contributed by atoms with Gasteiger partial charge < -0.3 is 25.0 Å². The number of aromatic amines is 3. The van der Waals surface area contributed by atoms with Crippen LogP contribution in [0, 0.1) is 32.6 Å². The van der Waals surface area contributed by atoms with Gasteiger partial charge in [-0.15, -0.1) is 0 Å². The van der Waals surface area contributed by atoms with Gasteiger partial charge in [0, 0.05) is 80.6 Å². The average Bonchev–Trinajstić information content (AvgIpc) is 3.70. The van der Waals surface area contributed by atoms with E-state index in [0.29, 0.717) is 19.3 Å². The largest absolute Gasteiger partial charge is 0.469 e. The van der Waals surface area contributed by atoms with Crippen molar-refractivity contribution in [1.82, 2.24) is 20.3 Å². The van der Waals surface area contributed by atoms with E-state index in [4.69, 9.17) is 4.74 Å². The fourth-order valence-electron chi connectivity index (χ4n) is 6.99. The topological polar surface area (TPSA) is 103 Å². The maximum Gasteiger partial charge on any atom is 0.305 e. The van der Waals surface area contributed by atoms with E-state index < -0.39 is 0 Å². The van der Waals surface area contributed by atoms with Crippen molar-refractivity contribution in [3.63, 3.8) is 0 Å². The lowest BCUT2D eigenvalue weighted by Crippen LogP contribution is -2.13. The standard InChI is InChI=1S/C34H38N4O3/c1-8-20-16(3)24-13-26-18(5)22(10-11-31(40)41-7)33(37-26)23-12-30(39)32-19(6)27(38-34(23)32)15-29-21(9-2)17(4)25(36-29)14-28(20)35-24/h8,13-15,18,22,35-38H,1,9-12H2,2-7H3/b25-14-,26-13-,29-15-,33-23-/t18-,22-/m0/s1. The number of hydrogen-bond donors (Lipinski definition) is 4. The minimum atomic E-state index is -0.226. The Morgan fingerprint density at radius 3 is 2.46 bits per heavy atom. The van der Waals surface area contributed by atoms with Crippen molar-refractivity contribution in [1.29, 1.82) is 0 Å². The molecule has 0 amide bonds. The van der Waals surface area contributed by atoms with Crippen LogP contribution in [0.15, 0.2) is 18.0 Å². The number of H-pyrrole nitrogens is 3. The zero-order valence-electron chi connectivity index (χ0n) is 24.7. The van der Waals surface area contributed by atoms with Crippen LogP contribution in [-0.4, -0.2) is 33.8 Å². The van der Waals surface area contributed by atoms with Crippen LogP contribution >= 0.6 is 0 Å². The quantitative estimate of drug-likeness (QED) is 0.339. The van der Waals surface area contributed by atoms with E-state index in [9.17, 15) is 9.59 Å². The van der Waals surface area contributed by atoms with Gasteiger partial charge in [-0.25, -0.2) is 0 Å². The minimum Gasteiger partial charge on any atom is -0.469 e. The van der Waals surface area contributed by atoms with Crippen LogP contribution in [0.4, 0.5) is 0 Å². The average molecular weight is 551 g/mol. The van der Waals surface area contributed by atoms with Gasteiger partial charge in [-0.05, 0) is 74.1 Å². The Labute approximate surface area is 240 Å². The summed E-state index contributed by atoms with van der Waals surface area (Å²) in [5.41, 5.74) is 13.3. The maximum atomic E-state index is 13.5. The molecule has 0 radical (unpaired) electrons. The first-order valence-electron chi connectivity index (χ1n) is 14.5. The van der Waals surface area contributed by atoms with Gasteiger partial charge in [0.25, 0.3) is 0 Å². The fourth-order valence-corrected chi connectivity index (χ4v) is 6.99. The Kier molecular flexibility index (Phi) is 6.56. The molecule has 0 aromatic carbocycles. The molecule has 8 bridgehead atoms. The molecule has 1 saturated heterocycles. The van der Waals surface area contributed by atoms with E-state index in [1.165, 1.54) is 18.2 Å². The van der Waals surface area contributed by atoms with Gasteiger partial charge in [-0.3, -0.25) is 9.59 Å². The Hall–Kier alpha value is -4.26. The molecule has 4 N–H and O–H groups in total. The number of carbonyl (C=O) groups is 2. The molecular formula is C34H38N4O3. The van der Waals surface area contributed by atoms with Crippen LogP contribution in [0.5, 0.6) is 0 Å². The van der Waals surface area contributed by atoms with Gasteiger partial charge in [0.15, 0.2) is 5.78 Å². The number of ether oxygens (including phenoxy) is 1. The predicted octanol–water partition coefficient (Wildman–Crippen LogP) is 4.92. The zero-order chi connectivity index (χ0) is 29.2. The summed E-state index contributed by atoms with van der Waals surface area (Å²) in [5.74, 6) is 0.0574. The SMILES string of the molecule is C=Cc1c2[nH]c(c1C)/C=C1\N/C(=C3/CC(=O)c4c3[nH]c(c4C)/C=c3\[nH]/c(c(C)c3CC)=C\2)[C@@H](CCC(=O)OC)[C@@H]1C. The van der Waals surface area contributed by atoms with Gasteiger partial charge in [0.2, 0.25) is 0 Å². The Morgan fingerprint density at radius 1 is 1.02 bits per heavy atom. The monoisotopic (exact) mass is 550 g/mol. The van der Waals surface area contributed by atoms with Crippen LogP contribution in [0.1, 0.15) is 94.1 Å². The predicted molar refractivity (Wildman–Crippen MR) is 163 cm³/mol. The Morgan fingerprint density at radius 2 is 1.76 bits per heavy atom. The second kappa shape index (κ2) is 9.98. The van der Waals surface area contributed by atoms with Crippen molar-refractivity contribution in [3.8, 4) is 0 Å². The lowest BCUT2D eigenvalue weighted by atomic mass is 9.86. The highest BCUT2D eigenvalue weighted by atomic mass is 16.5. The number of carbonyl (C=O) groups excluding carboxylic acids is 2. The number of ketones is 1. The number of Topliss-reactive ketones (excluding diaryl/α,β-unsaturated/α-hetero) is 1. The molecule has 5 heterocycles. The van der Waals surface area contributed by atoms with E-state index in [-0.39, 0.29) is 23.6 Å². The third kappa shape index (κ3) is 4.17. The lowest BCUT2D eigenvalue weighted by molar-refractivity contribution is -0.140. The van der Waals surface area contributed by atoms with Gasteiger partial charge in [0.1, 0.15) is 0 Å². The highest BCUT2D eigenvalue weighted by molar-refractivity contribution is 6.13. The number of fused-ring (bicyclic) bond motifs is 7. The highest BCUT2D eigenvalue weighted by Crippen LogP contribution is 2.45. The molecule has 7 nitrogen and oxygen atoms in total. The van der Waals surface area contributed by atoms with Crippen molar-refractivity contribution < 1.29 is 14.3 Å². The van der Waals surface area contributed by atoms with E-state index in [0.717, 1.165) is 79.1 Å². The van der Waals surface area contributed by atoms with Gasteiger partial charge >= 0.3 is 5.97 Å². The minimum absolute atomic E-state index is 0.0425. The van der Waals surface area contributed by atoms with E-state index in [2.05, 4.69) is 72.8 Å². The first-order valence-corrected chi connectivity index (χ1v) is 14.5. The number of esters is 1. The molecule has 0 spiro atoms. The molecule has 41 heavy (non-hydrogen) atoms. The second-order valence-corrected chi connectivity index (χ2v) is 11.5. The van der Waals surface area contributed by atoms with Crippen molar-refractivity contribution >= 4 is 41.6 Å². The molecule has 3 aliphatic rings. The summed E-state index contributed by atoms with van der Waals surface area (Å²) < 4.78 is 4.97. The summed E-state index contributed by atoms with van der Waals surface area (Å²) in [6, 6.07) is 0. The number of aromatic nitrogens is 3. The third-order valence-corrected chi connectivity index (χ3v) is 9.42. The molecule has 0 saturated carbocycles. The molecule has 6 rings (SSSR count). The maximum absolute atomic E-state index is 13.5. The van der Waals surface area contributed by atoms with Crippen molar-refractivity contribution in [2.45, 2.75) is 60.3 Å². The molecule has 1 aliphatic carbocycles. The number of hydrogen-bond acceptors (Lipinski definition) is 4. The van der Waals surface area contributed by atoms with Crippen LogP contribution in [0.3, 0.4) is 0 Å². The first-order chi connectivity index (χ1) is 19.7. The zero-order valence-corrected chi connectivity index (χ0v) is 24.7. The van der Waals surface area contributed by atoms with Crippen LogP contribution in [0.25, 0.3) is 29.9 Å². The molecule has 212 valence electrons. The summed E-state index contributed by atoms with van der Waals surface area (Å²) in [4.78, 5) is 36.6. The Bertz CT molecular complexity index is 1820. The van der Waals surface area contributed by atoms with E-state index in [1.54, 1.807) is 0 Å². The smallest absolute Gasteiger partial charge is 0.305 e.